The highest BCUT2D eigenvalue weighted by molar-refractivity contribution is 7.91. The number of likely N-dealkylation sites (tertiary alicyclic amines) is 1. The number of rotatable bonds is 4. The summed E-state index contributed by atoms with van der Waals surface area (Å²) in [4.78, 5) is 14.4. The molecular weight excluding hydrogens is 360 g/mol. The van der Waals surface area contributed by atoms with Crippen LogP contribution in [0.1, 0.15) is 30.5 Å². The van der Waals surface area contributed by atoms with Gasteiger partial charge in [0, 0.05) is 24.2 Å². The molecule has 1 unspecified atom stereocenters. The molecule has 1 aliphatic carbocycles. The number of hydrogen-bond acceptors (Lipinski definition) is 5. The second-order valence-electron chi connectivity index (χ2n) is 6.73. The lowest BCUT2D eigenvalue weighted by Crippen LogP contribution is -2.50. The van der Waals surface area contributed by atoms with Crippen molar-refractivity contribution in [3.05, 3.63) is 35.0 Å². The van der Waals surface area contributed by atoms with Gasteiger partial charge in [-0.2, -0.15) is 5.10 Å². The lowest BCUT2D eigenvalue weighted by Gasteiger charge is -2.40. The average molecular weight is 380 g/mol. The maximum atomic E-state index is 12.6. The van der Waals surface area contributed by atoms with E-state index in [0.29, 0.717) is 13.1 Å². The molecule has 9 heteroatoms. The number of hydrogen-bond donors (Lipinski definition) is 2. The molecule has 25 heavy (non-hydrogen) atoms. The number of aromatic nitrogens is 2. The summed E-state index contributed by atoms with van der Waals surface area (Å²) in [6.07, 6.45) is 5.83. The average Bonchev–Trinajstić information content (AvgIpc) is 3.33. The van der Waals surface area contributed by atoms with Gasteiger partial charge >= 0.3 is 0 Å². The number of nitrogens with one attached hydrogen (secondary N) is 2. The zero-order chi connectivity index (χ0) is 17.5. The number of aryl methyl sites for hydroxylation is 1. The fourth-order valence-corrected chi connectivity index (χ4v) is 5.98. The summed E-state index contributed by atoms with van der Waals surface area (Å²) >= 11 is 1.14. The van der Waals surface area contributed by atoms with Crippen molar-refractivity contribution in [2.24, 2.45) is 0 Å². The van der Waals surface area contributed by atoms with Crippen LogP contribution in [0.4, 0.5) is 0 Å². The summed E-state index contributed by atoms with van der Waals surface area (Å²) in [6.45, 7) is 1.10. The summed E-state index contributed by atoms with van der Waals surface area (Å²) < 4.78 is 27.0. The number of nitrogens with zero attached hydrogens (tertiary/aromatic N) is 2. The first-order chi connectivity index (χ1) is 12.0. The Balaban J connectivity index is 1.43. The van der Waals surface area contributed by atoms with Crippen molar-refractivity contribution < 1.29 is 13.2 Å². The van der Waals surface area contributed by atoms with E-state index in [2.05, 4.69) is 14.9 Å². The van der Waals surface area contributed by atoms with Gasteiger partial charge in [-0.05, 0) is 42.7 Å². The number of amides is 1. The summed E-state index contributed by atoms with van der Waals surface area (Å²) in [6, 6.07) is 3.21. The van der Waals surface area contributed by atoms with Crippen LogP contribution in [0, 0.1) is 0 Å². The van der Waals surface area contributed by atoms with Crippen molar-refractivity contribution in [2.45, 2.75) is 35.3 Å². The Bertz CT molecular complexity index is 875. The lowest BCUT2D eigenvalue weighted by atomic mass is 9.77. The predicted molar refractivity (Wildman–Crippen MR) is 93.9 cm³/mol. The van der Waals surface area contributed by atoms with Crippen LogP contribution < -0.4 is 4.72 Å². The van der Waals surface area contributed by atoms with Gasteiger partial charge in [0.2, 0.25) is 5.91 Å². The maximum Gasteiger partial charge on any atom is 0.250 e. The molecule has 1 saturated heterocycles. The minimum Gasteiger partial charge on any atom is -0.341 e. The van der Waals surface area contributed by atoms with Gasteiger partial charge in [0.25, 0.3) is 10.0 Å². The van der Waals surface area contributed by atoms with Gasteiger partial charge in [0.15, 0.2) is 0 Å². The van der Waals surface area contributed by atoms with E-state index < -0.39 is 10.0 Å². The first-order valence-electron chi connectivity index (χ1n) is 8.34. The third-order valence-electron chi connectivity index (χ3n) is 5.22. The smallest absolute Gasteiger partial charge is 0.250 e. The molecule has 7 nitrogen and oxygen atoms in total. The molecular formula is C16H20N4O3S2. The van der Waals surface area contributed by atoms with Gasteiger partial charge < -0.3 is 4.90 Å². The highest BCUT2D eigenvalue weighted by atomic mass is 32.2. The molecule has 0 aromatic carbocycles. The zero-order valence-electron chi connectivity index (χ0n) is 13.7. The van der Waals surface area contributed by atoms with Gasteiger partial charge in [-0.25, -0.2) is 13.1 Å². The van der Waals surface area contributed by atoms with Crippen LogP contribution in [0.5, 0.6) is 0 Å². The Morgan fingerprint density at radius 1 is 1.44 bits per heavy atom. The van der Waals surface area contributed by atoms with Gasteiger partial charge in [0.05, 0.1) is 12.7 Å². The number of fused-ring (bicyclic) bond motifs is 2. The molecule has 3 heterocycles. The zero-order valence-corrected chi connectivity index (χ0v) is 15.3. The third-order valence-corrected chi connectivity index (χ3v) is 8.02. The number of H-pyrrole nitrogens is 1. The Morgan fingerprint density at radius 3 is 3.12 bits per heavy atom. The number of sulfonamides is 1. The second kappa shape index (κ2) is 6.22. The van der Waals surface area contributed by atoms with E-state index in [4.69, 9.17) is 0 Å². The molecule has 1 aliphatic heterocycles. The third kappa shape index (κ3) is 3.00. The normalized spacial score (nSPS) is 23.1. The molecule has 1 atom stereocenters. The minimum absolute atomic E-state index is 0.0492. The molecule has 2 N–H and O–H groups in total. The van der Waals surface area contributed by atoms with E-state index in [1.165, 1.54) is 11.6 Å². The molecule has 0 saturated carbocycles. The molecule has 1 spiro atoms. The van der Waals surface area contributed by atoms with Gasteiger partial charge in [-0.15, -0.1) is 11.3 Å². The van der Waals surface area contributed by atoms with Crippen LogP contribution >= 0.6 is 11.3 Å². The van der Waals surface area contributed by atoms with Crippen LogP contribution in [0.25, 0.3) is 0 Å². The van der Waals surface area contributed by atoms with Crippen LogP contribution in [-0.4, -0.2) is 49.1 Å². The van der Waals surface area contributed by atoms with Crippen molar-refractivity contribution in [2.75, 3.05) is 19.6 Å². The number of aromatic amines is 1. The summed E-state index contributed by atoms with van der Waals surface area (Å²) in [7, 11) is -3.61. The van der Waals surface area contributed by atoms with E-state index in [9.17, 15) is 13.2 Å². The molecule has 0 bridgehead atoms. The van der Waals surface area contributed by atoms with Crippen LogP contribution in [0.2, 0.25) is 0 Å². The summed E-state index contributed by atoms with van der Waals surface area (Å²) in [5, 5.41) is 8.96. The molecule has 1 fully saturated rings. The molecule has 1 amide bonds. The number of thiophene rings is 1. The molecule has 2 aromatic rings. The van der Waals surface area contributed by atoms with E-state index in [0.717, 1.165) is 42.7 Å². The van der Waals surface area contributed by atoms with Crippen molar-refractivity contribution in [1.82, 2.24) is 19.8 Å². The Labute approximate surface area is 150 Å². The van der Waals surface area contributed by atoms with Gasteiger partial charge in [-0.3, -0.25) is 9.89 Å². The predicted octanol–water partition coefficient (Wildman–Crippen LogP) is 1.26. The monoisotopic (exact) mass is 380 g/mol. The van der Waals surface area contributed by atoms with E-state index in [1.807, 2.05) is 6.20 Å². The summed E-state index contributed by atoms with van der Waals surface area (Å²) in [5.74, 6) is -0.174. The van der Waals surface area contributed by atoms with E-state index >= 15 is 0 Å². The largest absolute Gasteiger partial charge is 0.341 e. The minimum atomic E-state index is -3.61. The Morgan fingerprint density at radius 2 is 2.32 bits per heavy atom. The fraction of sp³-hybridized carbons (Fsp3) is 0.500. The standard InChI is InChI=1S/C16H20N4O3S2/c21-13(10-18-25(22,23)14-3-1-8-24-14)20-7-2-5-16(11-20)6-4-12-9-17-19-15(12)16/h1,3,8-9,18H,2,4-7,10-11H2,(H,17,19). The molecule has 2 aromatic heterocycles. The van der Waals surface area contributed by atoms with Crippen molar-refractivity contribution in [3.8, 4) is 0 Å². The SMILES string of the molecule is O=C(CNS(=O)(=O)c1cccs1)N1CCCC2(CCc3cn[nH]c32)C1. The van der Waals surface area contributed by atoms with Crippen LogP contribution in [-0.2, 0) is 26.7 Å². The van der Waals surface area contributed by atoms with Crippen molar-refractivity contribution in [3.63, 3.8) is 0 Å². The first-order valence-corrected chi connectivity index (χ1v) is 10.7. The Kier molecular flexibility index (Phi) is 4.17. The van der Waals surface area contributed by atoms with Gasteiger partial charge in [-0.1, -0.05) is 6.07 Å². The summed E-state index contributed by atoms with van der Waals surface area (Å²) in [5.41, 5.74) is 2.35. The van der Waals surface area contributed by atoms with Crippen molar-refractivity contribution in [1.29, 1.82) is 0 Å². The molecule has 0 radical (unpaired) electrons. The fourth-order valence-electron chi connectivity index (χ4n) is 3.97. The molecule has 2 aliphatic rings. The number of carbonyl (C=O) groups excluding carboxylic acids is 1. The Hall–Kier alpha value is -1.71. The van der Waals surface area contributed by atoms with Crippen molar-refractivity contribution >= 4 is 27.3 Å². The number of carbonyl (C=O) groups is 1. The molecule has 134 valence electrons. The maximum absolute atomic E-state index is 12.6. The van der Waals surface area contributed by atoms with Crippen LogP contribution in [0.15, 0.2) is 27.9 Å². The van der Waals surface area contributed by atoms with Crippen LogP contribution in [0.3, 0.4) is 0 Å². The lowest BCUT2D eigenvalue weighted by molar-refractivity contribution is -0.132. The van der Waals surface area contributed by atoms with E-state index in [1.54, 1.807) is 16.3 Å². The first kappa shape index (κ1) is 16.7. The second-order valence-corrected chi connectivity index (χ2v) is 9.67. The highest BCUT2D eigenvalue weighted by Gasteiger charge is 2.44. The highest BCUT2D eigenvalue weighted by Crippen LogP contribution is 2.43. The topological polar surface area (TPSA) is 95.2 Å². The van der Waals surface area contributed by atoms with Gasteiger partial charge in [0.1, 0.15) is 4.21 Å². The number of piperidine rings is 1. The molecule has 4 rings (SSSR count). The van der Waals surface area contributed by atoms with E-state index in [-0.39, 0.29) is 22.1 Å². The quantitative estimate of drug-likeness (QED) is 0.835.